The van der Waals surface area contributed by atoms with Crippen LogP contribution in [0, 0.1) is 28.9 Å². The summed E-state index contributed by atoms with van der Waals surface area (Å²) in [4.78, 5) is 57.5. The minimum absolute atomic E-state index is 0.0117. The number of ether oxygens (including phenoxy) is 4. The molecule has 322 valence electrons. The van der Waals surface area contributed by atoms with Crippen molar-refractivity contribution in [2.75, 3.05) is 47.5 Å². The number of amides is 5. The maximum Gasteiger partial charge on any atom is 0.482 e. The lowest BCUT2D eigenvalue weighted by atomic mass is 9.43. The SMILES string of the molecule is COc1c(F)cc(C(NC(=O)N2CCN(CCN)C2=O)C(=O)NC(Cc2ccc(F)c(C(=O)OC(C)(C)C)c2OC)B2O[C@@H]3C[C@@H]4C[C@@H](C4(C)C)[C@]3(C)O2)c(Cl)c1OC. The number of benzene rings is 2. The first-order valence-corrected chi connectivity index (χ1v) is 20.0. The Kier molecular flexibility index (Phi) is 12.4. The van der Waals surface area contributed by atoms with Crippen LogP contribution < -0.4 is 30.6 Å². The molecule has 0 aromatic heterocycles. The average molecular weight is 848 g/mol. The van der Waals surface area contributed by atoms with Crippen molar-refractivity contribution < 1.29 is 56.2 Å². The van der Waals surface area contributed by atoms with Gasteiger partial charge in [0, 0.05) is 31.7 Å². The molecule has 15 nitrogen and oxygen atoms in total. The van der Waals surface area contributed by atoms with Crippen molar-refractivity contribution in [2.45, 2.75) is 90.1 Å². The van der Waals surface area contributed by atoms with Gasteiger partial charge in [0.05, 0.1) is 44.0 Å². The first-order chi connectivity index (χ1) is 27.7. The minimum atomic E-state index is -1.75. The second-order valence-corrected chi connectivity index (χ2v) is 17.6. The van der Waals surface area contributed by atoms with E-state index in [-0.39, 0.29) is 83.4 Å². The Morgan fingerprint density at radius 2 is 1.69 bits per heavy atom. The number of nitrogens with one attached hydrogen (secondary N) is 2. The number of esters is 1. The molecule has 0 radical (unpaired) electrons. The first kappa shape index (κ1) is 44.2. The second-order valence-electron chi connectivity index (χ2n) is 17.2. The van der Waals surface area contributed by atoms with Crippen LogP contribution in [0.4, 0.5) is 18.4 Å². The lowest BCUT2D eigenvalue weighted by Crippen LogP contribution is -2.65. The Bertz CT molecular complexity index is 2000. The number of nitrogens with zero attached hydrogens (tertiary/aromatic N) is 2. The standard InChI is InChI=1S/C40H53BClF2N5O10/c1-38(2,3)57-35(51)28-23(43)11-10-20(31(28)54-7)16-27(41-58-26-18-21-17-25(39(21,4)5)40(26,6)59-41)46-34(50)30(22-19-24(44)32(55-8)33(56-9)29(22)42)47-36(52)49-15-14-48(13-12-45)37(49)53/h10-11,19,21,25-27,30H,12-18,45H2,1-9H3,(H,46,50)(H,47,52)/t21-,25-,26+,27?,30?,40-/m0/s1. The van der Waals surface area contributed by atoms with Crippen LogP contribution in [0.3, 0.4) is 0 Å². The third kappa shape index (κ3) is 8.12. The zero-order valence-corrected chi connectivity index (χ0v) is 35.6. The molecule has 2 unspecified atom stereocenters. The Morgan fingerprint density at radius 1 is 1.02 bits per heavy atom. The molecule has 19 heteroatoms. The average Bonchev–Trinajstić information content (AvgIpc) is 3.72. The van der Waals surface area contributed by atoms with Gasteiger partial charge in [0.25, 0.3) is 0 Å². The van der Waals surface area contributed by atoms with E-state index in [9.17, 15) is 19.2 Å². The third-order valence-electron chi connectivity index (χ3n) is 12.2. The molecule has 2 aliphatic heterocycles. The Labute approximate surface area is 347 Å². The van der Waals surface area contributed by atoms with Crippen LogP contribution >= 0.6 is 11.6 Å². The van der Waals surface area contributed by atoms with Crippen LogP contribution in [0.5, 0.6) is 17.2 Å². The van der Waals surface area contributed by atoms with Crippen LogP contribution in [0.2, 0.25) is 5.02 Å². The summed E-state index contributed by atoms with van der Waals surface area (Å²) >= 11 is 6.78. The summed E-state index contributed by atoms with van der Waals surface area (Å²) in [6.07, 6.45) is 1.17. The highest BCUT2D eigenvalue weighted by Crippen LogP contribution is 2.65. The zero-order valence-electron chi connectivity index (χ0n) is 34.8. The molecule has 5 amide bonds. The second kappa shape index (κ2) is 16.6. The number of carbonyl (C=O) groups is 4. The summed E-state index contributed by atoms with van der Waals surface area (Å²) in [5.41, 5.74) is 3.55. The summed E-state index contributed by atoms with van der Waals surface area (Å²) in [5, 5.41) is 5.25. The van der Waals surface area contributed by atoms with Crippen molar-refractivity contribution in [2.24, 2.45) is 23.0 Å². The van der Waals surface area contributed by atoms with E-state index in [1.807, 2.05) is 6.92 Å². The molecule has 3 aliphatic carbocycles. The van der Waals surface area contributed by atoms with Crippen molar-refractivity contribution in [3.8, 4) is 17.2 Å². The van der Waals surface area contributed by atoms with Gasteiger partial charge in [-0.1, -0.05) is 31.5 Å². The van der Waals surface area contributed by atoms with Crippen LogP contribution in [-0.4, -0.2) is 112 Å². The Hall–Kier alpha value is -4.39. The number of imide groups is 1. The predicted octanol–water partition coefficient (Wildman–Crippen LogP) is 5.04. The summed E-state index contributed by atoms with van der Waals surface area (Å²) in [5.74, 6) is -5.00. The largest absolute Gasteiger partial charge is 0.495 e. The lowest BCUT2D eigenvalue weighted by molar-refractivity contribution is -0.199. The molecule has 5 fully saturated rings. The molecule has 2 heterocycles. The number of nitrogens with two attached hydrogens (primary N) is 1. The summed E-state index contributed by atoms with van der Waals surface area (Å²) in [6, 6.07) is 0.0934. The fourth-order valence-electron chi connectivity index (χ4n) is 9.11. The van der Waals surface area contributed by atoms with Crippen molar-refractivity contribution in [3.63, 3.8) is 0 Å². The van der Waals surface area contributed by atoms with E-state index in [1.54, 1.807) is 20.8 Å². The number of halogens is 3. The molecule has 3 saturated carbocycles. The third-order valence-corrected chi connectivity index (χ3v) is 12.6. The molecule has 5 aliphatic rings. The van der Waals surface area contributed by atoms with Gasteiger partial charge in [0.1, 0.15) is 28.8 Å². The van der Waals surface area contributed by atoms with Crippen molar-refractivity contribution in [3.05, 3.63) is 51.5 Å². The number of carbonyl (C=O) groups excluding carboxylic acids is 4. The van der Waals surface area contributed by atoms with Crippen molar-refractivity contribution in [1.82, 2.24) is 20.4 Å². The molecule has 7 rings (SSSR count). The predicted molar refractivity (Wildman–Crippen MR) is 212 cm³/mol. The van der Waals surface area contributed by atoms with Crippen LogP contribution in [0.15, 0.2) is 18.2 Å². The molecular formula is C40H53BClF2N5O10. The Morgan fingerprint density at radius 3 is 2.31 bits per heavy atom. The monoisotopic (exact) mass is 847 g/mol. The van der Waals surface area contributed by atoms with E-state index >= 15 is 8.78 Å². The Balaban J connectivity index is 1.41. The summed E-state index contributed by atoms with van der Waals surface area (Å²) in [6.45, 7) is 11.9. The first-order valence-electron chi connectivity index (χ1n) is 19.6. The minimum Gasteiger partial charge on any atom is -0.495 e. The van der Waals surface area contributed by atoms with Gasteiger partial charge in [0.15, 0.2) is 17.3 Å². The molecule has 0 spiro atoms. The molecule has 6 atom stereocenters. The fraction of sp³-hybridized carbons (Fsp3) is 0.600. The van der Waals surface area contributed by atoms with E-state index in [4.69, 9.17) is 45.6 Å². The zero-order chi connectivity index (χ0) is 43.4. The summed E-state index contributed by atoms with van der Waals surface area (Å²) in [7, 11) is 2.61. The number of hydrogen-bond acceptors (Lipinski definition) is 11. The highest BCUT2D eigenvalue weighted by atomic mass is 35.5. The van der Waals surface area contributed by atoms with E-state index < -0.39 is 71.4 Å². The van der Waals surface area contributed by atoms with Crippen LogP contribution in [0.1, 0.15) is 81.9 Å². The van der Waals surface area contributed by atoms with Gasteiger partial charge in [-0.15, -0.1) is 0 Å². The molecule has 2 aromatic rings. The lowest BCUT2D eigenvalue weighted by Gasteiger charge is -2.64. The van der Waals surface area contributed by atoms with Gasteiger partial charge >= 0.3 is 25.1 Å². The van der Waals surface area contributed by atoms with Crippen LogP contribution in [0.25, 0.3) is 0 Å². The highest BCUT2D eigenvalue weighted by Gasteiger charge is 2.68. The van der Waals surface area contributed by atoms with Gasteiger partial charge < -0.3 is 49.5 Å². The molecule has 4 N–H and O–H groups in total. The van der Waals surface area contributed by atoms with Gasteiger partial charge in [-0.25, -0.2) is 28.1 Å². The van der Waals surface area contributed by atoms with E-state index in [2.05, 4.69) is 24.5 Å². The van der Waals surface area contributed by atoms with Gasteiger partial charge in [0.2, 0.25) is 5.91 Å². The van der Waals surface area contributed by atoms with Crippen molar-refractivity contribution >= 4 is 42.7 Å². The van der Waals surface area contributed by atoms with Crippen molar-refractivity contribution in [1.29, 1.82) is 0 Å². The van der Waals surface area contributed by atoms with Gasteiger partial charge in [-0.3, -0.25) is 4.79 Å². The molecule has 2 aromatic carbocycles. The van der Waals surface area contributed by atoms with E-state index in [0.717, 1.165) is 23.5 Å². The molecule has 2 saturated heterocycles. The number of methoxy groups -OCH3 is 3. The molecule has 2 bridgehead atoms. The topological polar surface area (TPSA) is 180 Å². The smallest absolute Gasteiger partial charge is 0.482 e. The normalized spacial score (nSPS) is 24.2. The number of rotatable bonds is 13. The highest BCUT2D eigenvalue weighted by molar-refractivity contribution is 6.48. The maximum atomic E-state index is 15.7. The van der Waals surface area contributed by atoms with E-state index in [1.165, 1.54) is 32.3 Å². The van der Waals surface area contributed by atoms with Gasteiger partial charge in [-0.05, 0) is 81.9 Å². The fourth-order valence-corrected chi connectivity index (χ4v) is 9.44. The molecular weight excluding hydrogens is 795 g/mol. The number of hydrogen-bond donors (Lipinski definition) is 3. The van der Waals surface area contributed by atoms with Gasteiger partial charge in [-0.2, -0.15) is 0 Å². The van der Waals surface area contributed by atoms with E-state index in [0.29, 0.717) is 12.3 Å². The van der Waals surface area contributed by atoms with Crippen LogP contribution in [-0.2, 0) is 25.3 Å². The quantitative estimate of drug-likeness (QED) is 0.182. The number of urea groups is 2. The molecule has 59 heavy (non-hydrogen) atoms. The summed E-state index contributed by atoms with van der Waals surface area (Å²) < 4.78 is 66.2. The maximum absolute atomic E-state index is 15.7.